The number of nitrogens with zero attached hydrogens (tertiary/aromatic N) is 1. The van der Waals surface area contributed by atoms with E-state index in [4.69, 9.17) is 15.8 Å². The zero-order chi connectivity index (χ0) is 9.76. The van der Waals surface area contributed by atoms with Gasteiger partial charge in [-0.15, -0.1) is 0 Å². The second-order valence-electron chi connectivity index (χ2n) is 4.95. The van der Waals surface area contributed by atoms with Crippen LogP contribution in [0, 0.1) is 5.92 Å². The molecule has 0 aromatic rings. The molecule has 3 rings (SSSR count). The van der Waals surface area contributed by atoms with Crippen LogP contribution in [-0.2, 0) is 4.52 Å². The minimum atomic E-state index is -0.792. The van der Waals surface area contributed by atoms with E-state index < -0.39 is 7.65 Å². The fourth-order valence-corrected chi connectivity index (χ4v) is 5.68. The van der Waals surface area contributed by atoms with Gasteiger partial charge in [0.15, 0.2) is 0 Å². The number of rotatable bonds is 1. The summed E-state index contributed by atoms with van der Waals surface area (Å²) in [5, 5.41) is 0. The Labute approximate surface area is 91.6 Å². The van der Waals surface area contributed by atoms with E-state index in [-0.39, 0.29) is 5.60 Å². The van der Waals surface area contributed by atoms with E-state index in [1.165, 1.54) is 32.1 Å². The van der Waals surface area contributed by atoms with Gasteiger partial charge in [-0.1, -0.05) is 6.42 Å². The van der Waals surface area contributed by atoms with Crippen LogP contribution < -0.4 is 0 Å². The highest BCUT2D eigenvalue weighted by molar-refractivity contribution is 7.78. The Balaban J connectivity index is 1.85. The number of hydrogen-bond donors (Lipinski definition) is 0. The van der Waals surface area contributed by atoms with Gasteiger partial charge < -0.3 is 4.52 Å². The van der Waals surface area contributed by atoms with Gasteiger partial charge in [-0.2, -0.15) is 0 Å². The van der Waals surface area contributed by atoms with Crippen molar-refractivity contribution in [1.82, 2.24) is 4.67 Å². The first kappa shape index (κ1) is 9.84. The van der Waals surface area contributed by atoms with E-state index >= 15 is 0 Å². The maximum atomic E-state index is 6.29. The van der Waals surface area contributed by atoms with Crippen LogP contribution in [0.25, 0.3) is 0 Å². The Morgan fingerprint density at radius 3 is 2.79 bits per heavy atom. The molecular weight excluding hydrogens is 217 g/mol. The highest BCUT2D eigenvalue weighted by atomic mass is 35.7. The molecule has 2 heterocycles. The van der Waals surface area contributed by atoms with Crippen molar-refractivity contribution < 1.29 is 4.52 Å². The molecule has 3 atom stereocenters. The first-order valence-electron chi connectivity index (χ1n) is 5.63. The quantitative estimate of drug-likeness (QED) is 0.643. The van der Waals surface area contributed by atoms with Gasteiger partial charge in [0.1, 0.15) is 0 Å². The molecule has 0 amide bonds. The molecule has 0 N–H and O–H groups in total. The molecule has 0 spiro atoms. The average molecular weight is 234 g/mol. The van der Waals surface area contributed by atoms with Gasteiger partial charge in [0.2, 0.25) is 7.65 Å². The van der Waals surface area contributed by atoms with Crippen LogP contribution in [0.4, 0.5) is 0 Å². The van der Waals surface area contributed by atoms with E-state index in [1.54, 1.807) is 0 Å². The SMILES string of the molecule is C[C@]1(C2CCC2)OP(Cl)N2CCC[C@H]21. The lowest BCUT2D eigenvalue weighted by molar-refractivity contribution is -0.0118. The first-order valence-corrected chi connectivity index (χ1v) is 7.75. The molecule has 0 aromatic carbocycles. The Morgan fingerprint density at radius 2 is 2.14 bits per heavy atom. The van der Waals surface area contributed by atoms with Crippen LogP contribution in [0.1, 0.15) is 39.0 Å². The lowest BCUT2D eigenvalue weighted by atomic mass is 9.70. The Morgan fingerprint density at radius 1 is 1.36 bits per heavy atom. The molecule has 14 heavy (non-hydrogen) atoms. The molecule has 80 valence electrons. The zero-order valence-electron chi connectivity index (χ0n) is 8.58. The van der Waals surface area contributed by atoms with Crippen molar-refractivity contribution in [2.45, 2.75) is 50.7 Å². The smallest absolute Gasteiger partial charge is 0.207 e. The van der Waals surface area contributed by atoms with Gasteiger partial charge in [0.05, 0.1) is 5.60 Å². The fourth-order valence-electron chi connectivity index (χ4n) is 3.13. The molecule has 0 aromatic heterocycles. The third-order valence-electron chi connectivity index (χ3n) is 4.28. The van der Waals surface area contributed by atoms with Gasteiger partial charge in [-0.25, -0.2) is 4.67 Å². The summed E-state index contributed by atoms with van der Waals surface area (Å²) >= 11 is 6.29. The summed E-state index contributed by atoms with van der Waals surface area (Å²) in [6.45, 7) is 3.45. The molecular formula is C10H17ClNOP. The molecule has 1 aliphatic carbocycles. The van der Waals surface area contributed by atoms with Crippen molar-refractivity contribution in [2.75, 3.05) is 6.54 Å². The Bertz CT molecular complexity index is 248. The standard InChI is InChI=1S/C10H17ClNOP/c1-10(8-4-2-5-8)9-6-3-7-12(9)14(11)13-10/h8-9H,2-7H2,1H3/t9-,10+,14?/m0/s1. The monoisotopic (exact) mass is 233 g/mol. The van der Waals surface area contributed by atoms with E-state index in [9.17, 15) is 0 Å². The fraction of sp³-hybridized carbons (Fsp3) is 1.00. The first-order chi connectivity index (χ1) is 6.72. The van der Waals surface area contributed by atoms with Gasteiger partial charge in [-0.3, -0.25) is 0 Å². The van der Waals surface area contributed by atoms with Crippen LogP contribution in [0.15, 0.2) is 0 Å². The molecule has 4 heteroatoms. The van der Waals surface area contributed by atoms with Crippen molar-refractivity contribution >= 4 is 18.9 Å². The molecule has 2 saturated heterocycles. The van der Waals surface area contributed by atoms with Crippen molar-refractivity contribution in [2.24, 2.45) is 5.92 Å². The Kier molecular flexibility index (Phi) is 2.33. The predicted octanol–water partition coefficient (Wildman–Crippen LogP) is 3.51. The zero-order valence-corrected chi connectivity index (χ0v) is 10.2. The van der Waals surface area contributed by atoms with Gasteiger partial charge >= 0.3 is 0 Å². The molecule has 1 unspecified atom stereocenters. The molecule has 2 aliphatic heterocycles. The number of fused-ring (bicyclic) bond motifs is 1. The maximum absolute atomic E-state index is 6.29. The Hall–Kier alpha value is 0.640. The third-order valence-corrected chi connectivity index (χ3v) is 6.49. The molecule has 2 nitrogen and oxygen atoms in total. The summed E-state index contributed by atoms with van der Waals surface area (Å²) in [7, 11) is -0.792. The largest absolute Gasteiger partial charge is 0.323 e. The molecule has 0 bridgehead atoms. The van der Waals surface area contributed by atoms with Gasteiger partial charge in [0.25, 0.3) is 0 Å². The number of hydrogen-bond acceptors (Lipinski definition) is 2. The van der Waals surface area contributed by atoms with Crippen molar-refractivity contribution in [3.63, 3.8) is 0 Å². The minimum absolute atomic E-state index is 0.0855. The average Bonchev–Trinajstić information content (AvgIpc) is 2.53. The van der Waals surface area contributed by atoms with E-state index in [0.29, 0.717) is 6.04 Å². The minimum Gasteiger partial charge on any atom is -0.323 e. The van der Waals surface area contributed by atoms with Crippen molar-refractivity contribution in [3.8, 4) is 0 Å². The molecule has 3 fully saturated rings. The normalized spacial score (nSPS) is 49.3. The summed E-state index contributed by atoms with van der Waals surface area (Å²) in [5.74, 6) is 0.777. The topological polar surface area (TPSA) is 12.5 Å². The lowest BCUT2D eigenvalue weighted by Gasteiger charge is -2.42. The second kappa shape index (κ2) is 3.31. The summed E-state index contributed by atoms with van der Waals surface area (Å²) in [5.41, 5.74) is 0.0855. The van der Waals surface area contributed by atoms with E-state index in [0.717, 1.165) is 12.5 Å². The summed E-state index contributed by atoms with van der Waals surface area (Å²) < 4.78 is 8.49. The van der Waals surface area contributed by atoms with Crippen LogP contribution in [0.2, 0.25) is 0 Å². The summed E-state index contributed by atoms with van der Waals surface area (Å²) in [6, 6.07) is 0.622. The summed E-state index contributed by atoms with van der Waals surface area (Å²) in [6.07, 6.45) is 6.68. The highest BCUT2D eigenvalue weighted by Gasteiger charge is 2.56. The molecule has 3 aliphatic rings. The van der Waals surface area contributed by atoms with Crippen LogP contribution in [0.5, 0.6) is 0 Å². The van der Waals surface area contributed by atoms with Gasteiger partial charge in [0, 0.05) is 12.6 Å². The van der Waals surface area contributed by atoms with Gasteiger partial charge in [-0.05, 0) is 49.8 Å². The second-order valence-corrected chi connectivity index (χ2v) is 6.97. The van der Waals surface area contributed by atoms with Crippen LogP contribution in [0.3, 0.4) is 0 Å². The lowest BCUT2D eigenvalue weighted by Crippen LogP contribution is -2.48. The highest BCUT2D eigenvalue weighted by Crippen LogP contribution is 2.65. The van der Waals surface area contributed by atoms with Crippen LogP contribution >= 0.6 is 18.9 Å². The molecule has 1 saturated carbocycles. The van der Waals surface area contributed by atoms with Crippen LogP contribution in [-0.4, -0.2) is 22.9 Å². The number of halogens is 1. The van der Waals surface area contributed by atoms with E-state index in [2.05, 4.69) is 11.6 Å². The van der Waals surface area contributed by atoms with Crippen molar-refractivity contribution in [3.05, 3.63) is 0 Å². The van der Waals surface area contributed by atoms with E-state index in [1.807, 2.05) is 0 Å². The maximum Gasteiger partial charge on any atom is 0.207 e. The third kappa shape index (κ3) is 1.21. The molecule has 0 radical (unpaired) electrons. The summed E-state index contributed by atoms with van der Waals surface area (Å²) in [4.78, 5) is 0. The predicted molar refractivity (Wildman–Crippen MR) is 59.3 cm³/mol. The van der Waals surface area contributed by atoms with Crippen molar-refractivity contribution in [1.29, 1.82) is 0 Å².